The molecule has 0 radical (unpaired) electrons. The van der Waals surface area contributed by atoms with Crippen molar-refractivity contribution in [3.05, 3.63) is 89.6 Å². The predicted octanol–water partition coefficient (Wildman–Crippen LogP) is 7.44. The number of methoxy groups -OCH3 is 1. The number of carbonyl (C=O) groups is 2. The number of benzene rings is 3. The average molecular weight is 586 g/mol. The van der Waals surface area contributed by atoms with Crippen molar-refractivity contribution in [2.75, 3.05) is 37.5 Å². The number of nitrogens with zero attached hydrogens (tertiary/aromatic N) is 2. The number of ether oxygens (including phenoxy) is 2. The van der Waals surface area contributed by atoms with E-state index in [0.29, 0.717) is 19.6 Å². The molecule has 1 fully saturated rings. The highest BCUT2D eigenvalue weighted by atomic mass is 16.5. The van der Waals surface area contributed by atoms with Crippen LogP contribution in [0.15, 0.2) is 77.3 Å². The van der Waals surface area contributed by atoms with Gasteiger partial charge in [0.15, 0.2) is 5.76 Å². The molecule has 8 heteroatoms. The molecule has 228 valence electrons. The number of aryl methyl sites for hydroxylation is 2. The molecule has 5 rings (SSSR count). The molecule has 3 aromatic carbocycles. The van der Waals surface area contributed by atoms with Crippen LogP contribution >= 0.6 is 0 Å². The van der Waals surface area contributed by atoms with E-state index >= 15 is 0 Å². The molecule has 0 amide bonds. The molecule has 2 heterocycles. The molecule has 1 N–H and O–H groups in total. The molecule has 1 atom stereocenters. The van der Waals surface area contributed by atoms with Gasteiger partial charge in [-0.25, -0.2) is 0 Å². The summed E-state index contributed by atoms with van der Waals surface area (Å²) in [5.74, 6) is 0.597. The van der Waals surface area contributed by atoms with E-state index in [9.17, 15) is 9.59 Å². The number of carbonyl (C=O) groups excluding carboxylic acids is 2. The second-order valence-corrected chi connectivity index (χ2v) is 9.99. The van der Waals surface area contributed by atoms with E-state index in [1.807, 2.05) is 59.0 Å². The summed E-state index contributed by atoms with van der Waals surface area (Å²) in [6, 6.07) is 24.6. The normalized spacial score (nSPS) is 13.9. The maximum absolute atomic E-state index is 11.9. The Morgan fingerprint density at radius 3 is 2.23 bits per heavy atom. The van der Waals surface area contributed by atoms with Crippen molar-refractivity contribution in [2.24, 2.45) is 5.92 Å². The Labute approximate surface area is 255 Å². The van der Waals surface area contributed by atoms with Crippen LogP contribution in [0.25, 0.3) is 22.5 Å². The topological polar surface area (TPSA) is 93.9 Å². The minimum atomic E-state index is -0.111. The molecule has 0 bridgehead atoms. The van der Waals surface area contributed by atoms with E-state index in [4.69, 9.17) is 9.26 Å². The van der Waals surface area contributed by atoms with Gasteiger partial charge in [-0.2, -0.15) is 0 Å². The lowest BCUT2D eigenvalue weighted by atomic mass is 9.97. The van der Waals surface area contributed by atoms with Gasteiger partial charge in [0.25, 0.3) is 6.47 Å². The second kappa shape index (κ2) is 16.8. The summed E-state index contributed by atoms with van der Waals surface area (Å²) in [7, 11) is 3.33. The predicted molar refractivity (Wildman–Crippen MR) is 172 cm³/mol. The lowest BCUT2D eigenvalue weighted by Gasteiger charge is -2.33. The molecule has 1 aliphatic heterocycles. The van der Waals surface area contributed by atoms with Crippen LogP contribution in [-0.2, 0) is 25.7 Å². The van der Waals surface area contributed by atoms with Crippen molar-refractivity contribution in [3.63, 3.8) is 0 Å². The summed E-state index contributed by atoms with van der Waals surface area (Å²) in [6.45, 7) is 10.4. The third kappa shape index (κ3) is 8.70. The summed E-state index contributed by atoms with van der Waals surface area (Å²) in [5.41, 5.74) is 8.38. The Morgan fingerprint density at radius 1 is 1.00 bits per heavy atom. The first-order chi connectivity index (χ1) is 20.9. The zero-order valence-electron chi connectivity index (χ0n) is 26.1. The average Bonchev–Trinajstić information content (AvgIpc) is 3.45. The van der Waals surface area contributed by atoms with Crippen molar-refractivity contribution < 1.29 is 23.6 Å². The van der Waals surface area contributed by atoms with Gasteiger partial charge in [-0.3, -0.25) is 9.59 Å². The fraction of sp³-hybridized carbons (Fsp3) is 0.343. The fourth-order valence-corrected chi connectivity index (χ4v) is 5.01. The molecule has 0 spiro atoms. The summed E-state index contributed by atoms with van der Waals surface area (Å²) >= 11 is 0. The Balaban J connectivity index is 0.000000327. The van der Waals surface area contributed by atoms with Gasteiger partial charge in [0.05, 0.1) is 13.0 Å². The Hall–Kier alpha value is -4.59. The van der Waals surface area contributed by atoms with Crippen LogP contribution in [0.1, 0.15) is 43.5 Å². The molecule has 1 aromatic heterocycles. The van der Waals surface area contributed by atoms with Gasteiger partial charge in [-0.05, 0) is 61.1 Å². The van der Waals surface area contributed by atoms with Gasteiger partial charge < -0.3 is 24.2 Å². The van der Waals surface area contributed by atoms with Crippen molar-refractivity contribution in [1.29, 1.82) is 0 Å². The minimum absolute atomic E-state index is 0.0433. The third-order valence-electron chi connectivity index (χ3n) is 7.35. The molecule has 4 aromatic rings. The van der Waals surface area contributed by atoms with Gasteiger partial charge >= 0.3 is 5.97 Å². The minimum Gasteiger partial charge on any atom is -0.469 e. The number of anilines is 2. The van der Waals surface area contributed by atoms with Gasteiger partial charge in [0.2, 0.25) is 0 Å². The zero-order valence-corrected chi connectivity index (χ0v) is 26.1. The van der Waals surface area contributed by atoms with Crippen LogP contribution in [0.4, 0.5) is 11.4 Å². The highest BCUT2D eigenvalue weighted by molar-refractivity contribution is 5.77. The van der Waals surface area contributed by atoms with Crippen LogP contribution in [-0.4, -0.2) is 44.8 Å². The van der Waals surface area contributed by atoms with Crippen molar-refractivity contribution >= 4 is 23.8 Å². The van der Waals surface area contributed by atoms with E-state index in [1.54, 1.807) is 0 Å². The number of hydrogen-bond acceptors (Lipinski definition) is 8. The van der Waals surface area contributed by atoms with E-state index in [-0.39, 0.29) is 11.9 Å². The number of hydrogen-bond donors (Lipinski definition) is 1. The fourth-order valence-electron chi connectivity index (χ4n) is 5.01. The molecule has 0 aliphatic carbocycles. The monoisotopic (exact) mass is 585 g/mol. The first-order valence-corrected chi connectivity index (χ1v) is 14.7. The Kier molecular flexibility index (Phi) is 12.8. The first-order valence-electron chi connectivity index (χ1n) is 14.7. The number of esters is 1. The molecule has 43 heavy (non-hydrogen) atoms. The number of aromatic nitrogens is 1. The smallest absolute Gasteiger partial charge is 0.310 e. The summed E-state index contributed by atoms with van der Waals surface area (Å²) < 4.78 is 15.0. The Bertz CT molecular complexity index is 1430. The lowest BCUT2D eigenvalue weighted by molar-refractivity contribution is -0.145. The van der Waals surface area contributed by atoms with Crippen LogP contribution in [0.5, 0.6) is 0 Å². The van der Waals surface area contributed by atoms with Gasteiger partial charge in [-0.15, -0.1) is 0 Å². The summed E-state index contributed by atoms with van der Waals surface area (Å²) in [4.78, 5) is 24.0. The maximum atomic E-state index is 11.9. The van der Waals surface area contributed by atoms with E-state index in [2.05, 4.69) is 68.6 Å². The van der Waals surface area contributed by atoms with Gasteiger partial charge in [-0.1, -0.05) is 79.7 Å². The highest BCUT2D eigenvalue weighted by Gasteiger charge is 2.26. The van der Waals surface area contributed by atoms with Crippen LogP contribution in [0.3, 0.4) is 0 Å². The summed E-state index contributed by atoms with van der Waals surface area (Å²) in [6.07, 6.45) is 1.90. The number of nitrogens with one attached hydrogen (secondary N) is 1. The quantitative estimate of drug-likeness (QED) is 0.168. The molecule has 8 nitrogen and oxygen atoms in total. The number of piperidine rings is 1. The highest BCUT2D eigenvalue weighted by Crippen LogP contribution is 2.33. The van der Waals surface area contributed by atoms with Gasteiger partial charge in [0.1, 0.15) is 18.0 Å². The molecular formula is C35H43N3O5. The largest absolute Gasteiger partial charge is 0.469 e. The van der Waals surface area contributed by atoms with Crippen LogP contribution < -0.4 is 10.2 Å². The summed E-state index contributed by atoms with van der Waals surface area (Å²) in [5, 5.41) is 7.20. The molecule has 1 aliphatic rings. The molecule has 1 saturated heterocycles. The molecule has 0 saturated carbocycles. The van der Waals surface area contributed by atoms with Crippen LogP contribution in [0.2, 0.25) is 0 Å². The van der Waals surface area contributed by atoms with E-state index < -0.39 is 0 Å². The number of rotatable bonds is 8. The van der Waals surface area contributed by atoms with Crippen LogP contribution in [0, 0.1) is 19.8 Å². The first kappa shape index (κ1) is 32.9. The van der Waals surface area contributed by atoms with Crippen molar-refractivity contribution in [2.45, 2.75) is 47.1 Å². The Morgan fingerprint density at radius 2 is 1.63 bits per heavy atom. The maximum Gasteiger partial charge on any atom is 0.310 e. The molecule has 1 unspecified atom stereocenters. The van der Waals surface area contributed by atoms with Crippen molar-refractivity contribution in [3.8, 4) is 22.5 Å². The SMILES string of the molecule is CC.CNc1c(C)noc1-c1ccc(-c2ccc(N3CCCC(C(=O)OC)C3)cc2)cc1.Cc1ccccc1COC=O. The van der Waals surface area contributed by atoms with E-state index in [1.165, 1.54) is 7.11 Å². The zero-order chi connectivity index (χ0) is 31.2. The standard InChI is InChI=1S/C24H27N3O3.C9H10O2.C2H6/c1-16-22(25-2)23(30-26-16)19-8-6-17(7-9-19)18-10-12-21(13-11-18)27-14-4-5-20(15-27)24(28)29-3;1-8-4-2-3-5-9(8)6-11-7-10;1-2/h6-13,20,25H,4-5,14-15H2,1-3H3;2-5,7H,6H2,1H3;1-2H3. The van der Waals surface area contributed by atoms with Gasteiger partial charge in [0, 0.05) is 31.4 Å². The third-order valence-corrected chi connectivity index (χ3v) is 7.35. The lowest BCUT2D eigenvalue weighted by Crippen LogP contribution is -2.39. The molecular weight excluding hydrogens is 542 g/mol. The van der Waals surface area contributed by atoms with Crippen molar-refractivity contribution in [1.82, 2.24) is 5.16 Å². The second-order valence-electron chi connectivity index (χ2n) is 9.99. The van der Waals surface area contributed by atoms with E-state index in [0.717, 1.165) is 70.0 Å².